The highest BCUT2D eigenvalue weighted by molar-refractivity contribution is 5.30. The first-order chi connectivity index (χ1) is 9.19. The number of hydrogen-bond acceptors (Lipinski definition) is 2. The van der Waals surface area contributed by atoms with Gasteiger partial charge in [-0.15, -0.1) is 0 Å². The van der Waals surface area contributed by atoms with Gasteiger partial charge in [0.1, 0.15) is 0 Å². The summed E-state index contributed by atoms with van der Waals surface area (Å²) in [5, 5.41) is 3.49. The van der Waals surface area contributed by atoms with Gasteiger partial charge in [-0.1, -0.05) is 48.0 Å². The topological polar surface area (TPSA) is 38.0 Å². The first-order valence-corrected chi connectivity index (χ1v) is 6.74. The summed E-state index contributed by atoms with van der Waals surface area (Å²) in [6.45, 7) is 6.67. The van der Waals surface area contributed by atoms with Crippen LogP contribution in [-0.2, 0) is 19.6 Å². The molecule has 19 heavy (non-hydrogen) atoms. The molecular formula is C17H22N2. The van der Waals surface area contributed by atoms with Crippen molar-refractivity contribution >= 4 is 0 Å². The molecule has 0 aromatic heterocycles. The molecule has 0 aliphatic rings. The predicted octanol–water partition coefficient (Wildman–Crippen LogP) is 3.05. The van der Waals surface area contributed by atoms with Crippen LogP contribution in [0.3, 0.4) is 0 Å². The van der Waals surface area contributed by atoms with Gasteiger partial charge in [-0.05, 0) is 36.1 Å². The number of rotatable bonds is 5. The summed E-state index contributed by atoms with van der Waals surface area (Å²) in [4.78, 5) is 0. The molecule has 100 valence electrons. The Labute approximate surface area is 115 Å². The van der Waals surface area contributed by atoms with Crippen LogP contribution >= 0.6 is 0 Å². The molecule has 0 atom stereocenters. The second-order valence-corrected chi connectivity index (χ2v) is 5.06. The average molecular weight is 254 g/mol. The maximum Gasteiger partial charge on any atom is 0.0211 e. The van der Waals surface area contributed by atoms with E-state index in [0.717, 1.165) is 13.1 Å². The summed E-state index contributed by atoms with van der Waals surface area (Å²) in [6, 6.07) is 15.0. The SMILES string of the molecule is Cc1ccc(CNCc2cccc(CN)c2)c(C)c1. The van der Waals surface area contributed by atoms with E-state index >= 15 is 0 Å². The molecule has 3 N–H and O–H groups in total. The molecule has 2 aromatic rings. The van der Waals surface area contributed by atoms with Gasteiger partial charge in [0.15, 0.2) is 0 Å². The summed E-state index contributed by atoms with van der Waals surface area (Å²) >= 11 is 0. The minimum atomic E-state index is 0.602. The van der Waals surface area contributed by atoms with Crippen LogP contribution in [0.15, 0.2) is 42.5 Å². The van der Waals surface area contributed by atoms with Gasteiger partial charge in [0, 0.05) is 19.6 Å². The van der Waals surface area contributed by atoms with E-state index in [1.54, 1.807) is 0 Å². The first kappa shape index (κ1) is 13.8. The highest BCUT2D eigenvalue weighted by atomic mass is 14.8. The third kappa shape index (κ3) is 3.91. The zero-order valence-electron chi connectivity index (χ0n) is 11.7. The summed E-state index contributed by atoms with van der Waals surface area (Å²) < 4.78 is 0. The van der Waals surface area contributed by atoms with Gasteiger partial charge in [0.25, 0.3) is 0 Å². The van der Waals surface area contributed by atoms with E-state index in [-0.39, 0.29) is 0 Å². The number of nitrogens with one attached hydrogen (secondary N) is 1. The quantitative estimate of drug-likeness (QED) is 0.860. The minimum Gasteiger partial charge on any atom is -0.326 e. The maximum atomic E-state index is 5.65. The van der Waals surface area contributed by atoms with E-state index in [0.29, 0.717) is 6.54 Å². The molecule has 2 heteroatoms. The van der Waals surface area contributed by atoms with Crippen LogP contribution in [0.4, 0.5) is 0 Å². The fourth-order valence-electron chi connectivity index (χ4n) is 2.25. The smallest absolute Gasteiger partial charge is 0.0211 e. The Hall–Kier alpha value is -1.64. The van der Waals surface area contributed by atoms with E-state index in [4.69, 9.17) is 5.73 Å². The van der Waals surface area contributed by atoms with Crippen molar-refractivity contribution in [1.82, 2.24) is 5.32 Å². The number of aryl methyl sites for hydroxylation is 2. The maximum absolute atomic E-state index is 5.65. The highest BCUT2D eigenvalue weighted by Gasteiger charge is 1.99. The van der Waals surface area contributed by atoms with Crippen molar-refractivity contribution in [1.29, 1.82) is 0 Å². The van der Waals surface area contributed by atoms with E-state index < -0.39 is 0 Å². The number of benzene rings is 2. The second kappa shape index (κ2) is 6.50. The zero-order valence-corrected chi connectivity index (χ0v) is 11.7. The van der Waals surface area contributed by atoms with Crippen molar-refractivity contribution < 1.29 is 0 Å². The Morgan fingerprint density at radius 3 is 2.47 bits per heavy atom. The van der Waals surface area contributed by atoms with Gasteiger partial charge in [-0.3, -0.25) is 0 Å². The summed E-state index contributed by atoms with van der Waals surface area (Å²) in [6.07, 6.45) is 0. The Morgan fingerprint density at radius 1 is 0.947 bits per heavy atom. The zero-order chi connectivity index (χ0) is 13.7. The molecule has 0 heterocycles. The van der Waals surface area contributed by atoms with Crippen LogP contribution in [0.25, 0.3) is 0 Å². The molecule has 0 unspecified atom stereocenters. The standard InChI is InChI=1S/C17H22N2/c1-13-6-7-17(14(2)8-13)12-19-11-16-5-3-4-15(9-16)10-18/h3-9,19H,10-12,18H2,1-2H3. The van der Waals surface area contributed by atoms with E-state index in [1.807, 2.05) is 0 Å². The summed E-state index contributed by atoms with van der Waals surface area (Å²) in [5.74, 6) is 0. The number of nitrogens with two attached hydrogens (primary N) is 1. The van der Waals surface area contributed by atoms with Gasteiger partial charge in [-0.25, -0.2) is 0 Å². The van der Waals surface area contributed by atoms with Gasteiger partial charge in [0.05, 0.1) is 0 Å². The predicted molar refractivity (Wildman–Crippen MR) is 80.8 cm³/mol. The highest BCUT2D eigenvalue weighted by Crippen LogP contribution is 2.11. The number of hydrogen-bond donors (Lipinski definition) is 2. The molecule has 0 saturated carbocycles. The van der Waals surface area contributed by atoms with Crippen molar-refractivity contribution in [3.05, 3.63) is 70.3 Å². The third-order valence-electron chi connectivity index (χ3n) is 3.37. The molecule has 0 aliphatic heterocycles. The van der Waals surface area contributed by atoms with E-state index in [1.165, 1.54) is 27.8 Å². The minimum absolute atomic E-state index is 0.602. The molecule has 0 radical (unpaired) electrons. The first-order valence-electron chi connectivity index (χ1n) is 6.74. The molecule has 0 spiro atoms. The van der Waals surface area contributed by atoms with Crippen molar-refractivity contribution in [2.24, 2.45) is 5.73 Å². The second-order valence-electron chi connectivity index (χ2n) is 5.06. The molecule has 2 aromatic carbocycles. The molecule has 0 aliphatic carbocycles. The fraction of sp³-hybridized carbons (Fsp3) is 0.294. The monoisotopic (exact) mass is 254 g/mol. The third-order valence-corrected chi connectivity index (χ3v) is 3.37. The Bertz CT molecular complexity index is 547. The van der Waals surface area contributed by atoms with Crippen LogP contribution in [-0.4, -0.2) is 0 Å². The molecule has 0 fully saturated rings. The molecule has 2 rings (SSSR count). The Balaban J connectivity index is 1.92. The molecular weight excluding hydrogens is 232 g/mol. The van der Waals surface area contributed by atoms with E-state index in [9.17, 15) is 0 Å². The lowest BCUT2D eigenvalue weighted by Gasteiger charge is -2.09. The summed E-state index contributed by atoms with van der Waals surface area (Å²) in [5.41, 5.74) is 12.2. The van der Waals surface area contributed by atoms with Crippen molar-refractivity contribution in [2.75, 3.05) is 0 Å². The van der Waals surface area contributed by atoms with Crippen LogP contribution in [0.2, 0.25) is 0 Å². The Kier molecular flexibility index (Phi) is 4.72. The van der Waals surface area contributed by atoms with Gasteiger partial charge < -0.3 is 11.1 Å². The normalized spacial score (nSPS) is 10.7. The molecule has 0 amide bonds. The van der Waals surface area contributed by atoms with Gasteiger partial charge in [-0.2, -0.15) is 0 Å². The average Bonchev–Trinajstić information content (AvgIpc) is 2.41. The summed E-state index contributed by atoms with van der Waals surface area (Å²) in [7, 11) is 0. The Morgan fingerprint density at radius 2 is 1.74 bits per heavy atom. The van der Waals surface area contributed by atoms with Crippen molar-refractivity contribution in [2.45, 2.75) is 33.5 Å². The molecule has 0 bridgehead atoms. The van der Waals surface area contributed by atoms with Crippen molar-refractivity contribution in [3.63, 3.8) is 0 Å². The van der Waals surface area contributed by atoms with Crippen LogP contribution in [0.5, 0.6) is 0 Å². The van der Waals surface area contributed by atoms with Crippen molar-refractivity contribution in [3.8, 4) is 0 Å². The largest absolute Gasteiger partial charge is 0.326 e. The van der Waals surface area contributed by atoms with Crippen LogP contribution in [0.1, 0.15) is 27.8 Å². The lowest BCUT2D eigenvalue weighted by Crippen LogP contribution is -2.13. The fourth-order valence-corrected chi connectivity index (χ4v) is 2.25. The van der Waals surface area contributed by atoms with Gasteiger partial charge >= 0.3 is 0 Å². The van der Waals surface area contributed by atoms with Crippen LogP contribution < -0.4 is 11.1 Å². The van der Waals surface area contributed by atoms with Crippen LogP contribution in [0, 0.1) is 13.8 Å². The molecule has 0 saturated heterocycles. The van der Waals surface area contributed by atoms with E-state index in [2.05, 4.69) is 61.6 Å². The molecule has 2 nitrogen and oxygen atoms in total. The lowest BCUT2D eigenvalue weighted by atomic mass is 10.1. The van der Waals surface area contributed by atoms with Gasteiger partial charge in [0.2, 0.25) is 0 Å². The lowest BCUT2D eigenvalue weighted by molar-refractivity contribution is 0.690.